The Morgan fingerprint density at radius 2 is 2.15 bits per heavy atom. The zero-order chi connectivity index (χ0) is 13.5. The molecule has 102 valence electrons. The summed E-state index contributed by atoms with van der Waals surface area (Å²) in [5, 5.41) is 3.46. The van der Waals surface area contributed by atoms with Crippen molar-refractivity contribution in [3.05, 3.63) is 56.6 Å². The van der Waals surface area contributed by atoms with Crippen molar-refractivity contribution in [1.29, 1.82) is 0 Å². The molecule has 4 rings (SSSR count). The molecule has 1 aromatic carbocycles. The summed E-state index contributed by atoms with van der Waals surface area (Å²) in [6.45, 7) is 0. The van der Waals surface area contributed by atoms with Gasteiger partial charge in [-0.25, -0.2) is 0 Å². The lowest BCUT2D eigenvalue weighted by molar-refractivity contribution is 0.904. The summed E-state index contributed by atoms with van der Waals surface area (Å²) in [4.78, 5) is 2.87. The molecular formula is C16H15NS3. The zero-order valence-corrected chi connectivity index (χ0v) is 13.4. The van der Waals surface area contributed by atoms with Gasteiger partial charge in [-0.15, -0.1) is 22.7 Å². The van der Waals surface area contributed by atoms with Gasteiger partial charge in [0.1, 0.15) is 0 Å². The van der Waals surface area contributed by atoms with Crippen LogP contribution in [0.3, 0.4) is 0 Å². The lowest BCUT2D eigenvalue weighted by atomic mass is 10.0. The van der Waals surface area contributed by atoms with Crippen molar-refractivity contribution in [2.75, 3.05) is 5.75 Å². The predicted octanol–water partition coefficient (Wildman–Crippen LogP) is 4.80. The molecule has 20 heavy (non-hydrogen) atoms. The Hall–Kier alpha value is -0.810. The number of aryl methyl sites for hydroxylation is 1. The maximum atomic E-state index is 6.56. The van der Waals surface area contributed by atoms with Gasteiger partial charge in [0.25, 0.3) is 0 Å². The van der Waals surface area contributed by atoms with Crippen LogP contribution < -0.4 is 5.73 Å². The van der Waals surface area contributed by atoms with E-state index < -0.39 is 0 Å². The van der Waals surface area contributed by atoms with E-state index in [-0.39, 0.29) is 6.04 Å². The standard InChI is InChI=1S/C16H15NS3/c17-15(12-3-1-2-10-4-7-19-16(10)12)14-8-11-9-18-6-5-13(11)20-14/h1-4,7-8,15H,5-6,9,17H2. The number of benzene rings is 1. The molecule has 3 heterocycles. The van der Waals surface area contributed by atoms with Gasteiger partial charge in [0, 0.05) is 20.2 Å². The molecule has 0 fully saturated rings. The van der Waals surface area contributed by atoms with Crippen molar-refractivity contribution < 1.29 is 0 Å². The largest absolute Gasteiger partial charge is 0.320 e. The van der Waals surface area contributed by atoms with Gasteiger partial charge in [0.15, 0.2) is 0 Å². The first kappa shape index (κ1) is 12.9. The summed E-state index contributed by atoms with van der Waals surface area (Å²) in [6, 6.07) is 11.0. The van der Waals surface area contributed by atoms with Gasteiger partial charge in [-0.2, -0.15) is 11.8 Å². The second-order valence-electron chi connectivity index (χ2n) is 5.06. The summed E-state index contributed by atoms with van der Waals surface area (Å²) >= 11 is 5.74. The molecule has 1 aliphatic heterocycles. The number of hydrogen-bond donors (Lipinski definition) is 1. The molecule has 1 unspecified atom stereocenters. The molecule has 0 spiro atoms. The minimum Gasteiger partial charge on any atom is -0.320 e. The van der Waals surface area contributed by atoms with Crippen LogP contribution in [0, 0.1) is 0 Å². The Morgan fingerprint density at radius 3 is 3.05 bits per heavy atom. The summed E-state index contributed by atoms with van der Waals surface area (Å²) in [5.41, 5.74) is 9.34. The lowest BCUT2D eigenvalue weighted by Gasteiger charge is -2.11. The molecule has 0 bridgehead atoms. The van der Waals surface area contributed by atoms with E-state index in [1.807, 2.05) is 23.1 Å². The van der Waals surface area contributed by atoms with Crippen molar-refractivity contribution in [2.24, 2.45) is 5.73 Å². The number of hydrogen-bond acceptors (Lipinski definition) is 4. The Bertz CT molecular complexity index is 733. The Morgan fingerprint density at radius 1 is 1.20 bits per heavy atom. The van der Waals surface area contributed by atoms with E-state index in [2.05, 4.69) is 35.7 Å². The fourth-order valence-electron chi connectivity index (χ4n) is 2.74. The third kappa shape index (κ3) is 2.11. The van der Waals surface area contributed by atoms with Gasteiger partial charge in [0.05, 0.1) is 6.04 Å². The Labute approximate surface area is 130 Å². The van der Waals surface area contributed by atoms with Crippen molar-refractivity contribution in [2.45, 2.75) is 18.2 Å². The van der Waals surface area contributed by atoms with Crippen molar-refractivity contribution in [1.82, 2.24) is 0 Å². The summed E-state index contributed by atoms with van der Waals surface area (Å²) in [5.74, 6) is 2.41. The maximum absolute atomic E-state index is 6.56. The molecule has 0 radical (unpaired) electrons. The highest BCUT2D eigenvalue weighted by Crippen LogP contribution is 2.38. The SMILES string of the molecule is NC(c1cc2c(s1)CCSC2)c1cccc2ccsc12. The van der Waals surface area contributed by atoms with Gasteiger partial charge < -0.3 is 5.73 Å². The van der Waals surface area contributed by atoms with Crippen LogP contribution in [0.1, 0.15) is 26.9 Å². The van der Waals surface area contributed by atoms with E-state index in [0.717, 1.165) is 5.75 Å². The van der Waals surface area contributed by atoms with E-state index in [1.54, 1.807) is 16.2 Å². The molecule has 1 nitrogen and oxygen atoms in total. The monoisotopic (exact) mass is 317 g/mol. The summed E-state index contributed by atoms with van der Waals surface area (Å²) in [6.07, 6.45) is 1.21. The average Bonchev–Trinajstić information content (AvgIpc) is 3.12. The lowest BCUT2D eigenvalue weighted by Crippen LogP contribution is -2.10. The van der Waals surface area contributed by atoms with Crippen LogP contribution in [0.2, 0.25) is 0 Å². The molecule has 3 aromatic rings. The first-order valence-electron chi connectivity index (χ1n) is 6.74. The quantitative estimate of drug-likeness (QED) is 0.734. The fraction of sp³-hybridized carbons (Fsp3) is 0.250. The second-order valence-corrected chi connectivity index (χ2v) is 8.25. The van der Waals surface area contributed by atoms with Gasteiger partial charge in [-0.1, -0.05) is 18.2 Å². The summed E-state index contributed by atoms with van der Waals surface area (Å²) in [7, 11) is 0. The highest BCUT2D eigenvalue weighted by molar-refractivity contribution is 7.98. The first-order valence-corrected chi connectivity index (χ1v) is 9.59. The van der Waals surface area contributed by atoms with Crippen molar-refractivity contribution in [3.8, 4) is 0 Å². The number of thioether (sulfide) groups is 1. The van der Waals surface area contributed by atoms with Gasteiger partial charge in [-0.05, 0) is 46.2 Å². The van der Waals surface area contributed by atoms with E-state index in [0.29, 0.717) is 0 Å². The average molecular weight is 318 g/mol. The van der Waals surface area contributed by atoms with E-state index in [1.165, 1.54) is 38.3 Å². The van der Waals surface area contributed by atoms with Crippen LogP contribution in [0.25, 0.3) is 10.1 Å². The van der Waals surface area contributed by atoms with Gasteiger partial charge in [0.2, 0.25) is 0 Å². The van der Waals surface area contributed by atoms with Crippen LogP contribution in [0.5, 0.6) is 0 Å². The van der Waals surface area contributed by atoms with Gasteiger partial charge in [-0.3, -0.25) is 0 Å². The summed E-state index contributed by atoms with van der Waals surface area (Å²) < 4.78 is 1.33. The minimum atomic E-state index is 0.0120. The Kier molecular flexibility index (Phi) is 3.34. The minimum absolute atomic E-state index is 0.0120. The maximum Gasteiger partial charge on any atom is 0.0660 e. The van der Waals surface area contributed by atoms with Crippen molar-refractivity contribution >= 4 is 44.5 Å². The van der Waals surface area contributed by atoms with Gasteiger partial charge >= 0.3 is 0 Å². The highest BCUT2D eigenvalue weighted by atomic mass is 32.2. The molecule has 0 amide bonds. The molecular weight excluding hydrogens is 302 g/mol. The van der Waals surface area contributed by atoms with E-state index in [9.17, 15) is 0 Å². The highest BCUT2D eigenvalue weighted by Gasteiger charge is 2.19. The van der Waals surface area contributed by atoms with Crippen molar-refractivity contribution in [3.63, 3.8) is 0 Å². The van der Waals surface area contributed by atoms with Crippen LogP contribution in [-0.2, 0) is 12.2 Å². The molecule has 2 aromatic heterocycles. The second kappa shape index (κ2) is 5.19. The molecule has 1 atom stereocenters. The van der Waals surface area contributed by atoms with Crippen LogP contribution >= 0.6 is 34.4 Å². The molecule has 0 saturated carbocycles. The van der Waals surface area contributed by atoms with Crippen LogP contribution in [-0.4, -0.2) is 5.75 Å². The first-order chi connectivity index (χ1) is 9.83. The normalized spacial score (nSPS) is 16.2. The fourth-order valence-corrected chi connectivity index (χ4v) is 6.09. The number of rotatable bonds is 2. The zero-order valence-electron chi connectivity index (χ0n) is 11.0. The number of nitrogens with two attached hydrogens (primary N) is 1. The Balaban J connectivity index is 1.78. The third-order valence-corrected chi connectivity index (χ3v) is 7.11. The molecule has 2 N–H and O–H groups in total. The number of thiophene rings is 2. The molecule has 4 heteroatoms. The third-order valence-electron chi connectivity index (χ3n) is 3.80. The number of fused-ring (bicyclic) bond motifs is 2. The predicted molar refractivity (Wildman–Crippen MR) is 92.0 cm³/mol. The molecule has 0 aliphatic carbocycles. The van der Waals surface area contributed by atoms with E-state index in [4.69, 9.17) is 5.73 Å². The van der Waals surface area contributed by atoms with E-state index >= 15 is 0 Å². The smallest absolute Gasteiger partial charge is 0.0660 e. The topological polar surface area (TPSA) is 26.0 Å². The van der Waals surface area contributed by atoms with Crippen LogP contribution in [0.4, 0.5) is 0 Å². The molecule has 1 aliphatic rings. The molecule has 0 saturated heterocycles. The van der Waals surface area contributed by atoms with Crippen LogP contribution in [0.15, 0.2) is 35.7 Å².